The number of benzene rings is 1. The Morgan fingerprint density at radius 3 is 2.89 bits per heavy atom. The minimum absolute atomic E-state index is 0.157. The SMILES string of the molecule is COC1CCN(Cc2ccc(O)c(N)c2)C(C)C1. The maximum Gasteiger partial charge on any atom is 0.138 e. The summed E-state index contributed by atoms with van der Waals surface area (Å²) in [5, 5.41) is 9.41. The number of likely N-dealkylation sites (tertiary alicyclic amines) is 1. The van der Waals surface area contributed by atoms with E-state index in [4.69, 9.17) is 10.5 Å². The summed E-state index contributed by atoms with van der Waals surface area (Å²) in [6.07, 6.45) is 2.54. The van der Waals surface area contributed by atoms with Gasteiger partial charge in [-0.05, 0) is 37.5 Å². The van der Waals surface area contributed by atoms with Crippen molar-refractivity contribution in [2.24, 2.45) is 0 Å². The predicted octanol–water partition coefficient (Wildman–Crippen LogP) is 1.97. The van der Waals surface area contributed by atoms with Crippen LogP contribution in [0.3, 0.4) is 0 Å². The van der Waals surface area contributed by atoms with Crippen LogP contribution in [0.15, 0.2) is 18.2 Å². The molecule has 4 nitrogen and oxygen atoms in total. The van der Waals surface area contributed by atoms with Gasteiger partial charge in [-0.3, -0.25) is 4.90 Å². The molecule has 1 aromatic carbocycles. The highest BCUT2D eigenvalue weighted by molar-refractivity contribution is 5.53. The number of nitrogen functional groups attached to an aromatic ring is 1. The van der Waals surface area contributed by atoms with Crippen LogP contribution in [0.1, 0.15) is 25.3 Å². The second-order valence-corrected chi connectivity index (χ2v) is 5.09. The molecule has 2 rings (SSSR count). The lowest BCUT2D eigenvalue weighted by molar-refractivity contribution is 0.0130. The van der Waals surface area contributed by atoms with E-state index in [1.54, 1.807) is 13.2 Å². The molecule has 2 atom stereocenters. The number of rotatable bonds is 3. The number of nitrogens with two attached hydrogens (primary N) is 1. The standard InChI is InChI=1S/C14H22N2O2/c1-10-7-12(18-2)5-6-16(10)9-11-3-4-14(17)13(15)8-11/h3-4,8,10,12,17H,5-7,9,15H2,1-2H3. The lowest BCUT2D eigenvalue weighted by Gasteiger charge is -2.37. The minimum atomic E-state index is 0.157. The third-order valence-corrected chi connectivity index (χ3v) is 3.78. The smallest absolute Gasteiger partial charge is 0.138 e. The fourth-order valence-electron chi connectivity index (χ4n) is 2.56. The fraction of sp³-hybridized carbons (Fsp3) is 0.571. The molecule has 0 aliphatic carbocycles. The molecule has 100 valence electrons. The van der Waals surface area contributed by atoms with E-state index in [-0.39, 0.29) is 5.75 Å². The van der Waals surface area contributed by atoms with E-state index in [1.807, 2.05) is 12.1 Å². The van der Waals surface area contributed by atoms with Crippen molar-refractivity contribution in [1.82, 2.24) is 4.90 Å². The second-order valence-electron chi connectivity index (χ2n) is 5.09. The van der Waals surface area contributed by atoms with Gasteiger partial charge in [0.05, 0.1) is 11.8 Å². The van der Waals surface area contributed by atoms with Gasteiger partial charge in [0.25, 0.3) is 0 Å². The number of nitrogens with zero attached hydrogens (tertiary/aromatic N) is 1. The number of methoxy groups -OCH3 is 1. The van der Waals surface area contributed by atoms with Gasteiger partial charge in [0.15, 0.2) is 0 Å². The third kappa shape index (κ3) is 2.94. The van der Waals surface area contributed by atoms with Gasteiger partial charge in [0, 0.05) is 26.2 Å². The van der Waals surface area contributed by atoms with E-state index in [0.717, 1.165) is 31.5 Å². The molecular weight excluding hydrogens is 228 g/mol. The number of aromatic hydroxyl groups is 1. The molecule has 1 saturated heterocycles. The summed E-state index contributed by atoms with van der Waals surface area (Å²) in [4.78, 5) is 2.43. The fourth-order valence-corrected chi connectivity index (χ4v) is 2.56. The maximum absolute atomic E-state index is 9.41. The second kappa shape index (κ2) is 5.59. The molecule has 4 heteroatoms. The van der Waals surface area contributed by atoms with Crippen LogP contribution in [0, 0.1) is 0 Å². The Balaban J connectivity index is 1.99. The largest absolute Gasteiger partial charge is 0.506 e. The van der Waals surface area contributed by atoms with Gasteiger partial charge in [-0.25, -0.2) is 0 Å². The molecule has 1 heterocycles. The Morgan fingerprint density at radius 2 is 2.28 bits per heavy atom. The molecule has 3 N–H and O–H groups in total. The van der Waals surface area contributed by atoms with Crippen molar-refractivity contribution in [3.05, 3.63) is 23.8 Å². The first-order valence-electron chi connectivity index (χ1n) is 6.44. The van der Waals surface area contributed by atoms with E-state index in [9.17, 15) is 5.11 Å². The van der Waals surface area contributed by atoms with Gasteiger partial charge in [-0.2, -0.15) is 0 Å². The van der Waals surface area contributed by atoms with Crippen LogP contribution in [0.4, 0.5) is 5.69 Å². The molecule has 0 spiro atoms. The lowest BCUT2D eigenvalue weighted by atomic mass is 9.99. The average molecular weight is 250 g/mol. The van der Waals surface area contributed by atoms with Crippen molar-refractivity contribution in [2.45, 2.75) is 38.5 Å². The molecule has 1 aliphatic heterocycles. The monoisotopic (exact) mass is 250 g/mol. The summed E-state index contributed by atoms with van der Waals surface area (Å²) < 4.78 is 5.42. The van der Waals surface area contributed by atoms with Crippen LogP contribution >= 0.6 is 0 Å². The number of phenolic OH excluding ortho intramolecular Hbond substituents is 1. The van der Waals surface area contributed by atoms with E-state index in [0.29, 0.717) is 17.8 Å². The molecular formula is C14H22N2O2. The van der Waals surface area contributed by atoms with Gasteiger partial charge in [0.1, 0.15) is 5.75 Å². The van der Waals surface area contributed by atoms with E-state index in [1.165, 1.54) is 0 Å². The number of hydrogen-bond donors (Lipinski definition) is 2. The van der Waals surface area contributed by atoms with E-state index >= 15 is 0 Å². The molecule has 1 aliphatic rings. The zero-order chi connectivity index (χ0) is 13.1. The first-order valence-corrected chi connectivity index (χ1v) is 6.44. The summed E-state index contributed by atoms with van der Waals surface area (Å²) in [5.74, 6) is 0.157. The molecule has 2 unspecified atom stereocenters. The Morgan fingerprint density at radius 1 is 1.50 bits per heavy atom. The lowest BCUT2D eigenvalue weighted by Crippen LogP contribution is -2.42. The highest BCUT2D eigenvalue weighted by atomic mass is 16.5. The summed E-state index contributed by atoms with van der Waals surface area (Å²) in [6.45, 7) is 4.15. The molecule has 0 bridgehead atoms. The Bertz CT molecular complexity index is 409. The number of phenols is 1. The number of anilines is 1. The Hall–Kier alpha value is -1.26. The van der Waals surface area contributed by atoms with Crippen molar-refractivity contribution < 1.29 is 9.84 Å². The molecule has 0 amide bonds. The summed E-state index contributed by atoms with van der Waals surface area (Å²) in [5.41, 5.74) is 7.31. The topological polar surface area (TPSA) is 58.7 Å². The average Bonchev–Trinajstić information content (AvgIpc) is 2.36. The quantitative estimate of drug-likeness (QED) is 0.636. The normalized spacial score (nSPS) is 25.2. The van der Waals surface area contributed by atoms with Crippen LogP contribution in [-0.2, 0) is 11.3 Å². The van der Waals surface area contributed by atoms with E-state index < -0.39 is 0 Å². The minimum Gasteiger partial charge on any atom is -0.506 e. The van der Waals surface area contributed by atoms with Gasteiger partial charge >= 0.3 is 0 Å². The van der Waals surface area contributed by atoms with Gasteiger partial charge in [-0.15, -0.1) is 0 Å². The third-order valence-electron chi connectivity index (χ3n) is 3.78. The summed E-state index contributed by atoms with van der Waals surface area (Å²) >= 11 is 0. The van der Waals surface area contributed by atoms with Crippen molar-refractivity contribution >= 4 is 5.69 Å². The molecule has 0 radical (unpaired) electrons. The predicted molar refractivity (Wildman–Crippen MR) is 72.4 cm³/mol. The zero-order valence-corrected chi connectivity index (χ0v) is 11.1. The van der Waals surface area contributed by atoms with Crippen LogP contribution in [0.2, 0.25) is 0 Å². The van der Waals surface area contributed by atoms with Crippen LogP contribution in [-0.4, -0.2) is 35.8 Å². The summed E-state index contributed by atoms with van der Waals surface area (Å²) in [7, 11) is 1.79. The first-order chi connectivity index (χ1) is 8.60. The summed E-state index contributed by atoms with van der Waals surface area (Å²) in [6, 6.07) is 5.96. The number of hydrogen-bond acceptors (Lipinski definition) is 4. The number of ether oxygens (including phenoxy) is 1. The maximum atomic E-state index is 9.41. The molecule has 0 aromatic heterocycles. The van der Waals surface area contributed by atoms with Gasteiger partial charge in [0.2, 0.25) is 0 Å². The molecule has 18 heavy (non-hydrogen) atoms. The van der Waals surface area contributed by atoms with Crippen molar-refractivity contribution in [3.63, 3.8) is 0 Å². The zero-order valence-electron chi connectivity index (χ0n) is 11.1. The van der Waals surface area contributed by atoms with Crippen LogP contribution < -0.4 is 5.73 Å². The highest BCUT2D eigenvalue weighted by Crippen LogP contribution is 2.24. The van der Waals surface area contributed by atoms with Gasteiger partial charge < -0.3 is 15.6 Å². The first kappa shape index (κ1) is 13.2. The van der Waals surface area contributed by atoms with E-state index in [2.05, 4.69) is 11.8 Å². The van der Waals surface area contributed by atoms with Crippen molar-refractivity contribution in [2.75, 3.05) is 19.4 Å². The Kier molecular flexibility index (Phi) is 4.09. The van der Waals surface area contributed by atoms with Crippen molar-refractivity contribution in [1.29, 1.82) is 0 Å². The Labute approximate surface area is 108 Å². The van der Waals surface area contributed by atoms with Crippen LogP contribution in [0.25, 0.3) is 0 Å². The van der Waals surface area contributed by atoms with Crippen molar-refractivity contribution in [3.8, 4) is 5.75 Å². The highest BCUT2D eigenvalue weighted by Gasteiger charge is 2.25. The van der Waals surface area contributed by atoms with Gasteiger partial charge in [-0.1, -0.05) is 6.07 Å². The molecule has 1 aromatic rings. The molecule has 0 saturated carbocycles. The van der Waals surface area contributed by atoms with Crippen LogP contribution in [0.5, 0.6) is 5.75 Å². The molecule has 1 fully saturated rings. The number of piperidine rings is 1.